The fourth-order valence-corrected chi connectivity index (χ4v) is 2.22. The third kappa shape index (κ3) is 2.70. The molecule has 1 aromatic carbocycles. The molecule has 0 aliphatic carbocycles. The summed E-state index contributed by atoms with van der Waals surface area (Å²) >= 11 is 0. The summed E-state index contributed by atoms with van der Waals surface area (Å²) in [5.41, 5.74) is 0.591. The number of halogens is 1. The number of hydrogen-bond donors (Lipinski definition) is 2. The van der Waals surface area contributed by atoms with Crippen molar-refractivity contribution in [3.63, 3.8) is 0 Å². The van der Waals surface area contributed by atoms with E-state index in [0.29, 0.717) is 0 Å². The van der Waals surface area contributed by atoms with Gasteiger partial charge in [-0.05, 0) is 44.5 Å². The van der Waals surface area contributed by atoms with E-state index >= 15 is 0 Å². The maximum Gasteiger partial charge on any atom is 0.227 e. The Balaban J connectivity index is 2.00. The van der Waals surface area contributed by atoms with E-state index in [-0.39, 0.29) is 23.2 Å². The first-order valence-electron chi connectivity index (χ1n) is 6.28. The number of nitrogens with one attached hydrogen (secondary N) is 2. The van der Waals surface area contributed by atoms with Gasteiger partial charge in [0.1, 0.15) is 5.82 Å². The fourth-order valence-electron chi connectivity index (χ4n) is 2.22. The third-order valence-electron chi connectivity index (χ3n) is 3.63. The monoisotopic (exact) mass is 250 g/mol. The Morgan fingerprint density at radius 2 is 2.11 bits per heavy atom. The average Bonchev–Trinajstić information content (AvgIpc) is 2.78. The molecular formula is C14H19FN2O. The highest BCUT2D eigenvalue weighted by atomic mass is 19.1. The molecule has 0 aromatic heterocycles. The van der Waals surface area contributed by atoms with Crippen molar-refractivity contribution in [3.8, 4) is 0 Å². The van der Waals surface area contributed by atoms with Crippen LogP contribution < -0.4 is 10.6 Å². The zero-order valence-electron chi connectivity index (χ0n) is 10.8. The van der Waals surface area contributed by atoms with E-state index in [1.54, 1.807) is 12.1 Å². The fraction of sp³-hybridized carbons (Fsp3) is 0.500. The van der Waals surface area contributed by atoms with E-state index in [1.165, 1.54) is 12.1 Å². The van der Waals surface area contributed by atoms with Crippen LogP contribution >= 0.6 is 0 Å². The van der Waals surface area contributed by atoms with Crippen LogP contribution in [-0.2, 0) is 4.79 Å². The molecule has 0 radical (unpaired) electrons. The highest BCUT2D eigenvalue weighted by Crippen LogP contribution is 2.26. The van der Waals surface area contributed by atoms with E-state index in [9.17, 15) is 9.18 Å². The van der Waals surface area contributed by atoms with Gasteiger partial charge in [0.15, 0.2) is 0 Å². The largest absolute Gasteiger partial charge is 0.349 e. The van der Waals surface area contributed by atoms with Crippen LogP contribution in [0.1, 0.15) is 31.9 Å². The summed E-state index contributed by atoms with van der Waals surface area (Å²) in [6.07, 6.45) is 0.856. The maximum atomic E-state index is 12.8. The van der Waals surface area contributed by atoms with E-state index < -0.39 is 0 Å². The van der Waals surface area contributed by atoms with Gasteiger partial charge >= 0.3 is 0 Å². The zero-order chi connectivity index (χ0) is 13.2. The van der Waals surface area contributed by atoms with E-state index in [2.05, 4.69) is 10.6 Å². The van der Waals surface area contributed by atoms with Crippen LogP contribution in [0.4, 0.5) is 4.39 Å². The predicted molar refractivity (Wildman–Crippen MR) is 68.6 cm³/mol. The van der Waals surface area contributed by atoms with Crippen molar-refractivity contribution in [1.82, 2.24) is 10.6 Å². The lowest BCUT2D eigenvalue weighted by molar-refractivity contribution is -0.129. The van der Waals surface area contributed by atoms with Crippen LogP contribution in [0.15, 0.2) is 24.3 Å². The van der Waals surface area contributed by atoms with Gasteiger partial charge in [0, 0.05) is 6.54 Å². The van der Waals surface area contributed by atoms with Gasteiger partial charge in [-0.2, -0.15) is 0 Å². The molecule has 1 unspecified atom stereocenters. The van der Waals surface area contributed by atoms with Crippen molar-refractivity contribution in [2.75, 3.05) is 13.1 Å². The topological polar surface area (TPSA) is 41.1 Å². The smallest absolute Gasteiger partial charge is 0.227 e. The lowest BCUT2D eigenvalue weighted by atomic mass is 9.88. The third-order valence-corrected chi connectivity index (χ3v) is 3.63. The molecule has 1 heterocycles. The van der Waals surface area contributed by atoms with Crippen molar-refractivity contribution in [1.29, 1.82) is 0 Å². The Labute approximate surface area is 107 Å². The molecule has 3 nitrogen and oxygen atoms in total. The summed E-state index contributed by atoms with van der Waals surface area (Å²) in [5, 5.41) is 6.20. The van der Waals surface area contributed by atoms with Crippen LogP contribution in [0.3, 0.4) is 0 Å². The number of hydrogen-bond acceptors (Lipinski definition) is 2. The minimum atomic E-state index is -0.325. The number of benzene rings is 1. The summed E-state index contributed by atoms with van der Waals surface area (Å²) in [7, 11) is 0. The summed E-state index contributed by atoms with van der Waals surface area (Å²) in [6, 6.07) is 6.13. The van der Waals surface area contributed by atoms with Gasteiger partial charge in [-0.25, -0.2) is 4.39 Å². The molecule has 1 saturated heterocycles. The van der Waals surface area contributed by atoms with Gasteiger partial charge in [-0.15, -0.1) is 0 Å². The van der Waals surface area contributed by atoms with Crippen LogP contribution in [0, 0.1) is 11.2 Å². The highest BCUT2D eigenvalue weighted by molar-refractivity contribution is 5.83. The summed E-state index contributed by atoms with van der Waals surface area (Å²) in [4.78, 5) is 12.2. The number of amides is 1. The molecule has 1 aromatic rings. The Morgan fingerprint density at radius 1 is 1.44 bits per heavy atom. The second-order valence-electron chi connectivity index (χ2n) is 5.23. The van der Waals surface area contributed by atoms with Crippen molar-refractivity contribution in [2.45, 2.75) is 26.3 Å². The molecule has 0 spiro atoms. The quantitative estimate of drug-likeness (QED) is 0.861. The molecule has 2 rings (SSSR count). The lowest BCUT2D eigenvalue weighted by Gasteiger charge is -2.24. The number of carbonyl (C=O) groups is 1. The molecule has 4 heteroatoms. The normalized spacial score (nSPS) is 24.8. The van der Waals surface area contributed by atoms with Gasteiger partial charge in [0.05, 0.1) is 11.5 Å². The molecule has 18 heavy (non-hydrogen) atoms. The van der Waals surface area contributed by atoms with Gasteiger partial charge in [0.25, 0.3) is 0 Å². The zero-order valence-corrected chi connectivity index (χ0v) is 10.8. The average molecular weight is 250 g/mol. The molecule has 0 saturated carbocycles. The van der Waals surface area contributed by atoms with Gasteiger partial charge in [0.2, 0.25) is 5.91 Å². The minimum absolute atomic E-state index is 0.0596. The predicted octanol–water partition coefficient (Wildman–Crippen LogP) is 2.00. The first-order chi connectivity index (χ1) is 8.51. The standard InChI is InChI=1S/C14H19FN2O/c1-10(11-3-5-12(15)6-4-11)17-13(18)14(2)7-8-16-9-14/h3-6,10,16H,7-9H2,1-2H3,(H,17,18)/t10-,14?/m0/s1. The van der Waals surface area contributed by atoms with Crippen molar-refractivity contribution >= 4 is 5.91 Å². The second kappa shape index (κ2) is 5.06. The number of carbonyl (C=O) groups excluding carboxylic acids is 1. The molecule has 2 atom stereocenters. The van der Waals surface area contributed by atoms with E-state index in [4.69, 9.17) is 0 Å². The molecule has 98 valence electrons. The minimum Gasteiger partial charge on any atom is -0.349 e. The Kier molecular flexibility index (Phi) is 3.66. The van der Waals surface area contributed by atoms with Crippen molar-refractivity contribution in [3.05, 3.63) is 35.6 Å². The van der Waals surface area contributed by atoms with Crippen LogP contribution in [0.25, 0.3) is 0 Å². The molecule has 1 amide bonds. The Morgan fingerprint density at radius 3 is 2.67 bits per heavy atom. The summed E-state index contributed by atoms with van der Waals surface area (Å²) in [5.74, 6) is -0.200. The first kappa shape index (κ1) is 13.0. The van der Waals surface area contributed by atoms with Gasteiger partial charge in [-0.1, -0.05) is 12.1 Å². The highest BCUT2D eigenvalue weighted by Gasteiger charge is 2.36. The molecule has 1 fully saturated rings. The van der Waals surface area contributed by atoms with Gasteiger partial charge in [-0.3, -0.25) is 4.79 Å². The van der Waals surface area contributed by atoms with Gasteiger partial charge < -0.3 is 10.6 Å². The maximum absolute atomic E-state index is 12.8. The molecule has 0 bridgehead atoms. The SMILES string of the molecule is C[C@H](NC(=O)C1(C)CCNC1)c1ccc(F)cc1. The van der Waals surface area contributed by atoms with E-state index in [0.717, 1.165) is 25.1 Å². The van der Waals surface area contributed by atoms with Crippen LogP contribution in [0.5, 0.6) is 0 Å². The second-order valence-corrected chi connectivity index (χ2v) is 5.23. The van der Waals surface area contributed by atoms with Crippen LogP contribution in [-0.4, -0.2) is 19.0 Å². The molecular weight excluding hydrogens is 231 g/mol. The molecule has 2 N–H and O–H groups in total. The molecule has 1 aliphatic heterocycles. The van der Waals surface area contributed by atoms with Crippen molar-refractivity contribution < 1.29 is 9.18 Å². The summed E-state index contributed by atoms with van der Waals surface area (Å²) < 4.78 is 12.8. The van der Waals surface area contributed by atoms with E-state index in [1.807, 2.05) is 13.8 Å². The van der Waals surface area contributed by atoms with Crippen LogP contribution in [0.2, 0.25) is 0 Å². The first-order valence-corrected chi connectivity index (χ1v) is 6.28. The summed E-state index contributed by atoms with van der Waals surface area (Å²) in [6.45, 7) is 5.49. The lowest BCUT2D eigenvalue weighted by Crippen LogP contribution is -2.41. The number of rotatable bonds is 3. The Hall–Kier alpha value is -1.42. The Bertz CT molecular complexity index is 424. The molecule has 1 aliphatic rings. The van der Waals surface area contributed by atoms with Crippen molar-refractivity contribution in [2.24, 2.45) is 5.41 Å².